The molecular weight excluding hydrogens is 353 g/mol. The predicted molar refractivity (Wildman–Crippen MR) is 56.9 cm³/mol. The zero-order valence-electron chi connectivity index (χ0n) is 9.04. The summed E-state index contributed by atoms with van der Waals surface area (Å²) in [6.45, 7) is 0. The van der Waals surface area contributed by atoms with Crippen molar-refractivity contribution >= 4 is 0 Å². The summed E-state index contributed by atoms with van der Waals surface area (Å²) in [4.78, 5) is 0. The van der Waals surface area contributed by atoms with E-state index in [0.717, 1.165) is 12.1 Å². The smallest absolute Gasteiger partial charge is 0.311 e. The van der Waals surface area contributed by atoms with E-state index < -0.39 is 0 Å². The average molecular weight is 376 g/mol. The van der Waals surface area contributed by atoms with Crippen LogP contribution in [0.4, 0.5) is 0 Å². The van der Waals surface area contributed by atoms with E-state index in [4.69, 9.17) is 0 Å². The van der Waals surface area contributed by atoms with Crippen molar-refractivity contribution in [2.24, 2.45) is 0 Å². The molecular formula is C12H23NPt+2. The standard InChI is InChI=1S/C12H23N.Pt/c1-3-7-11(8-4-1)13-12-9-5-2-6-10-12;/h11-13H,1-10H2;/q;+2. The van der Waals surface area contributed by atoms with Gasteiger partial charge in [0.15, 0.2) is 0 Å². The molecule has 2 saturated carbocycles. The molecule has 0 unspecified atom stereocenters. The third-order valence-electron chi connectivity index (χ3n) is 3.68. The minimum Gasteiger partial charge on any atom is -0.311 e. The number of rotatable bonds is 2. The Kier molecular flexibility index (Phi) is 6.37. The molecule has 2 fully saturated rings. The van der Waals surface area contributed by atoms with Crippen LogP contribution in [0.25, 0.3) is 0 Å². The average Bonchev–Trinajstić information content (AvgIpc) is 2.21. The van der Waals surface area contributed by atoms with E-state index in [2.05, 4.69) is 5.32 Å². The van der Waals surface area contributed by atoms with Crippen LogP contribution in [0.1, 0.15) is 64.2 Å². The van der Waals surface area contributed by atoms with Gasteiger partial charge in [-0.1, -0.05) is 38.5 Å². The van der Waals surface area contributed by atoms with Crippen LogP contribution >= 0.6 is 0 Å². The van der Waals surface area contributed by atoms with Gasteiger partial charge in [0.1, 0.15) is 0 Å². The first-order valence-corrected chi connectivity index (χ1v) is 6.21. The second-order valence-corrected chi connectivity index (χ2v) is 4.84. The van der Waals surface area contributed by atoms with Crippen LogP contribution in [-0.2, 0) is 21.1 Å². The molecule has 2 aliphatic rings. The molecule has 1 N–H and O–H groups in total. The molecule has 0 aromatic carbocycles. The summed E-state index contributed by atoms with van der Waals surface area (Å²) in [5, 5.41) is 3.86. The SMILES string of the molecule is C1CCC(NC2CCCCC2)CC1.[Pt+2]. The largest absolute Gasteiger partial charge is 2.00 e. The fourth-order valence-corrected chi connectivity index (χ4v) is 2.87. The maximum absolute atomic E-state index is 3.86. The van der Waals surface area contributed by atoms with E-state index in [1.54, 1.807) is 0 Å². The summed E-state index contributed by atoms with van der Waals surface area (Å²) >= 11 is 0. The fourth-order valence-electron chi connectivity index (χ4n) is 2.87. The van der Waals surface area contributed by atoms with Gasteiger partial charge in [-0.3, -0.25) is 0 Å². The summed E-state index contributed by atoms with van der Waals surface area (Å²) in [7, 11) is 0. The van der Waals surface area contributed by atoms with Gasteiger partial charge in [-0.2, -0.15) is 0 Å². The number of hydrogen-bond donors (Lipinski definition) is 1. The van der Waals surface area contributed by atoms with Crippen molar-refractivity contribution in [3.8, 4) is 0 Å². The Morgan fingerprint density at radius 3 is 1.29 bits per heavy atom. The van der Waals surface area contributed by atoms with E-state index in [9.17, 15) is 0 Å². The fraction of sp³-hybridized carbons (Fsp3) is 1.00. The van der Waals surface area contributed by atoms with Crippen molar-refractivity contribution < 1.29 is 21.1 Å². The molecule has 0 heterocycles. The monoisotopic (exact) mass is 376 g/mol. The Balaban J connectivity index is 0.000000980. The normalized spacial score (nSPS) is 25.7. The van der Waals surface area contributed by atoms with Crippen LogP contribution in [0.5, 0.6) is 0 Å². The molecule has 0 spiro atoms. The van der Waals surface area contributed by atoms with Crippen molar-refractivity contribution in [2.45, 2.75) is 76.3 Å². The van der Waals surface area contributed by atoms with Crippen LogP contribution in [0.15, 0.2) is 0 Å². The number of nitrogens with one attached hydrogen (secondary N) is 1. The van der Waals surface area contributed by atoms with E-state index in [1.165, 1.54) is 64.2 Å². The first-order chi connectivity index (χ1) is 6.45. The quantitative estimate of drug-likeness (QED) is 0.780. The Hall–Kier alpha value is 0.648. The zero-order chi connectivity index (χ0) is 8.93. The van der Waals surface area contributed by atoms with Gasteiger partial charge in [0, 0.05) is 12.1 Å². The summed E-state index contributed by atoms with van der Waals surface area (Å²) in [6, 6.07) is 1.74. The molecule has 2 aliphatic carbocycles. The minimum atomic E-state index is 0. The second-order valence-electron chi connectivity index (χ2n) is 4.84. The molecule has 0 bridgehead atoms. The van der Waals surface area contributed by atoms with Gasteiger partial charge >= 0.3 is 21.1 Å². The first kappa shape index (κ1) is 12.7. The summed E-state index contributed by atoms with van der Waals surface area (Å²) in [5.74, 6) is 0. The number of hydrogen-bond acceptors (Lipinski definition) is 1. The Labute approximate surface area is 103 Å². The van der Waals surface area contributed by atoms with E-state index in [0.29, 0.717) is 0 Å². The topological polar surface area (TPSA) is 12.0 Å². The molecule has 14 heavy (non-hydrogen) atoms. The molecule has 2 rings (SSSR count). The van der Waals surface area contributed by atoms with Gasteiger partial charge in [-0.25, -0.2) is 0 Å². The minimum absolute atomic E-state index is 0. The molecule has 1 nitrogen and oxygen atoms in total. The van der Waals surface area contributed by atoms with E-state index in [-0.39, 0.29) is 21.1 Å². The summed E-state index contributed by atoms with van der Waals surface area (Å²) < 4.78 is 0. The third-order valence-corrected chi connectivity index (χ3v) is 3.68. The van der Waals surface area contributed by atoms with Gasteiger partial charge in [0.05, 0.1) is 0 Å². The van der Waals surface area contributed by atoms with Gasteiger partial charge in [-0.05, 0) is 25.7 Å². The van der Waals surface area contributed by atoms with Gasteiger partial charge < -0.3 is 5.32 Å². The molecule has 0 aromatic heterocycles. The first-order valence-electron chi connectivity index (χ1n) is 6.21. The van der Waals surface area contributed by atoms with Crippen molar-refractivity contribution in [1.29, 1.82) is 0 Å². The predicted octanol–water partition coefficient (Wildman–Crippen LogP) is 3.24. The Morgan fingerprint density at radius 2 is 0.929 bits per heavy atom. The Bertz CT molecular complexity index is 121. The van der Waals surface area contributed by atoms with Crippen LogP contribution in [0.2, 0.25) is 0 Å². The molecule has 2 heteroatoms. The Morgan fingerprint density at radius 1 is 0.571 bits per heavy atom. The maximum atomic E-state index is 3.86. The van der Waals surface area contributed by atoms with E-state index >= 15 is 0 Å². The van der Waals surface area contributed by atoms with E-state index in [1.807, 2.05) is 0 Å². The van der Waals surface area contributed by atoms with Gasteiger partial charge in [-0.15, -0.1) is 0 Å². The van der Waals surface area contributed by atoms with Crippen LogP contribution in [0, 0.1) is 0 Å². The van der Waals surface area contributed by atoms with Crippen LogP contribution in [-0.4, -0.2) is 12.1 Å². The molecule has 0 atom stereocenters. The van der Waals surface area contributed by atoms with Crippen molar-refractivity contribution in [1.82, 2.24) is 5.32 Å². The third kappa shape index (κ3) is 4.03. The molecule has 84 valence electrons. The zero-order valence-corrected chi connectivity index (χ0v) is 11.3. The molecule has 0 radical (unpaired) electrons. The molecule has 0 aliphatic heterocycles. The summed E-state index contributed by atoms with van der Waals surface area (Å²) in [5.41, 5.74) is 0. The second kappa shape index (κ2) is 7.01. The van der Waals surface area contributed by atoms with Gasteiger partial charge in [0.2, 0.25) is 0 Å². The van der Waals surface area contributed by atoms with Crippen LogP contribution in [0.3, 0.4) is 0 Å². The maximum Gasteiger partial charge on any atom is 2.00 e. The molecule has 0 saturated heterocycles. The van der Waals surface area contributed by atoms with Crippen molar-refractivity contribution in [3.63, 3.8) is 0 Å². The van der Waals surface area contributed by atoms with Crippen molar-refractivity contribution in [3.05, 3.63) is 0 Å². The van der Waals surface area contributed by atoms with Crippen molar-refractivity contribution in [2.75, 3.05) is 0 Å². The van der Waals surface area contributed by atoms with Crippen LogP contribution < -0.4 is 5.32 Å². The summed E-state index contributed by atoms with van der Waals surface area (Å²) in [6.07, 6.45) is 14.6. The molecule has 0 amide bonds. The van der Waals surface area contributed by atoms with Gasteiger partial charge in [0.25, 0.3) is 0 Å². The molecule has 0 aromatic rings.